The summed E-state index contributed by atoms with van der Waals surface area (Å²) >= 11 is -0.185. The molecule has 2 nitrogen and oxygen atoms in total. The molecule has 2 aromatic carbocycles. The molecule has 0 fully saturated rings. The van der Waals surface area contributed by atoms with Crippen molar-refractivity contribution in [3.05, 3.63) is 64.8 Å². The van der Waals surface area contributed by atoms with E-state index in [0.29, 0.717) is 10.9 Å². The van der Waals surface area contributed by atoms with Gasteiger partial charge in [0, 0.05) is 0 Å². The quantitative estimate of drug-likeness (QED) is 0.702. The Hall–Kier alpha value is -1.83. The van der Waals surface area contributed by atoms with E-state index < -0.39 is 0 Å². The van der Waals surface area contributed by atoms with Crippen molar-refractivity contribution in [1.82, 2.24) is 0 Å². The van der Waals surface area contributed by atoms with Crippen LogP contribution in [0, 0.1) is 0 Å². The maximum atomic E-state index is 12.4. The minimum atomic E-state index is -0.185. The number of rotatable bonds is 1. The molecule has 0 amide bonds. The van der Waals surface area contributed by atoms with Gasteiger partial charge in [-0.05, 0) is 0 Å². The van der Waals surface area contributed by atoms with E-state index in [9.17, 15) is 9.90 Å². The fourth-order valence-electron chi connectivity index (χ4n) is 1.99. The van der Waals surface area contributed by atoms with Crippen molar-refractivity contribution in [3.8, 4) is 15.8 Å². The van der Waals surface area contributed by atoms with Crippen LogP contribution in [-0.4, -0.2) is 19.6 Å². The minimum absolute atomic E-state index is 0.0811. The van der Waals surface area contributed by atoms with Crippen molar-refractivity contribution >= 4 is 24.1 Å². The second-order valence-corrected chi connectivity index (χ2v) is 6.14. The molecule has 0 aliphatic heterocycles. The third-order valence-electron chi connectivity index (χ3n) is 2.84. The summed E-state index contributed by atoms with van der Waals surface area (Å²) < 4.78 is 1.17. The third kappa shape index (κ3) is 1.78. The molecule has 88 valence electrons. The van der Waals surface area contributed by atoms with Crippen molar-refractivity contribution in [3.63, 3.8) is 0 Å². The summed E-state index contributed by atoms with van der Waals surface area (Å²) in [6.45, 7) is 0. The van der Waals surface area contributed by atoms with E-state index in [1.165, 1.54) is 0 Å². The predicted octanol–water partition coefficient (Wildman–Crippen LogP) is 2.63. The van der Waals surface area contributed by atoms with Crippen LogP contribution < -0.4 is 5.43 Å². The molecule has 0 spiro atoms. The second kappa shape index (κ2) is 4.45. The number of benzene rings is 2. The monoisotopic (exact) mass is 302 g/mol. The first-order valence-electron chi connectivity index (χ1n) is 5.57. The Morgan fingerprint density at radius 3 is 2.33 bits per heavy atom. The van der Waals surface area contributed by atoms with Crippen LogP contribution in [0.5, 0.6) is 4.62 Å². The van der Waals surface area contributed by atoms with Gasteiger partial charge in [0.05, 0.1) is 0 Å². The zero-order valence-corrected chi connectivity index (χ0v) is 11.2. The van der Waals surface area contributed by atoms with E-state index in [1.54, 1.807) is 0 Å². The molecule has 3 rings (SSSR count). The van der Waals surface area contributed by atoms with Crippen molar-refractivity contribution in [2.24, 2.45) is 0 Å². The summed E-state index contributed by atoms with van der Waals surface area (Å²) in [7, 11) is 0. The van der Waals surface area contributed by atoms with E-state index in [2.05, 4.69) is 0 Å². The molecule has 0 bridgehead atoms. The fourth-order valence-corrected chi connectivity index (χ4v) is 3.96. The zero-order valence-electron chi connectivity index (χ0n) is 9.46. The molecule has 0 saturated heterocycles. The Bertz CT molecular complexity index is 760. The van der Waals surface area contributed by atoms with Gasteiger partial charge in [-0.1, -0.05) is 0 Å². The van der Waals surface area contributed by atoms with Crippen LogP contribution in [0.3, 0.4) is 0 Å². The Kier molecular flexibility index (Phi) is 2.78. The van der Waals surface area contributed by atoms with Gasteiger partial charge in [-0.3, -0.25) is 0 Å². The van der Waals surface area contributed by atoms with Crippen LogP contribution in [0.2, 0.25) is 0 Å². The molecule has 1 heterocycles. The average Bonchev–Trinajstić information content (AvgIpc) is 2.40. The molecule has 0 unspecified atom stereocenters. The van der Waals surface area contributed by atoms with Gasteiger partial charge >= 0.3 is 110 Å². The van der Waals surface area contributed by atoms with Crippen molar-refractivity contribution < 1.29 is 5.11 Å². The van der Waals surface area contributed by atoms with Crippen LogP contribution in [0.1, 0.15) is 0 Å². The van der Waals surface area contributed by atoms with Gasteiger partial charge in [-0.15, -0.1) is 0 Å². The number of hydrogen-bond donors (Lipinski definition) is 1. The van der Waals surface area contributed by atoms with Crippen LogP contribution in [0.15, 0.2) is 59.4 Å². The van der Waals surface area contributed by atoms with E-state index in [0.717, 1.165) is 9.82 Å². The number of aromatic hydroxyl groups is 1. The molecule has 0 radical (unpaired) electrons. The molecule has 0 aliphatic carbocycles. The predicted molar refractivity (Wildman–Crippen MR) is 74.3 cm³/mol. The summed E-state index contributed by atoms with van der Waals surface area (Å²) in [5.41, 5.74) is 1.16. The fraction of sp³-hybridized carbons (Fsp3) is 0. The Morgan fingerprint density at radius 1 is 0.889 bits per heavy atom. The van der Waals surface area contributed by atoms with E-state index in [4.69, 9.17) is 0 Å². The molecule has 0 aliphatic rings. The molecule has 3 aromatic rings. The molecule has 0 atom stereocenters. The van der Waals surface area contributed by atoms with E-state index in [1.807, 2.05) is 54.6 Å². The second-order valence-electron chi connectivity index (χ2n) is 3.97. The number of hydrogen-bond acceptors (Lipinski definition) is 2. The van der Waals surface area contributed by atoms with E-state index >= 15 is 0 Å². The van der Waals surface area contributed by atoms with Crippen LogP contribution in [0.4, 0.5) is 0 Å². The van der Waals surface area contributed by atoms with Gasteiger partial charge in [-0.2, -0.15) is 0 Å². The maximum absolute atomic E-state index is 12.4. The molecule has 18 heavy (non-hydrogen) atoms. The first kappa shape index (κ1) is 11.3. The first-order chi connectivity index (χ1) is 8.77. The Morgan fingerprint density at radius 2 is 1.56 bits per heavy atom. The molecular formula is C15H10O2Se. The molecule has 3 heteroatoms. The van der Waals surface area contributed by atoms with Crippen molar-refractivity contribution in [2.45, 2.75) is 0 Å². The van der Waals surface area contributed by atoms with Gasteiger partial charge in [0.25, 0.3) is 0 Å². The SMILES string of the molecule is O=c1c(-c2ccccc2)c(O)[se]c2ccccc12. The van der Waals surface area contributed by atoms with Gasteiger partial charge in [-0.25, -0.2) is 0 Å². The van der Waals surface area contributed by atoms with Gasteiger partial charge < -0.3 is 0 Å². The normalized spacial score (nSPS) is 10.7. The molecule has 1 aromatic heterocycles. The zero-order chi connectivity index (χ0) is 12.5. The number of fused-ring (bicyclic) bond motifs is 1. The Balaban J connectivity index is 2.41. The Labute approximate surface area is 110 Å². The summed E-state index contributed by atoms with van der Waals surface area (Å²) in [4.78, 5) is 12.4. The van der Waals surface area contributed by atoms with E-state index in [-0.39, 0.29) is 24.6 Å². The van der Waals surface area contributed by atoms with Crippen molar-refractivity contribution in [2.75, 3.05) is 0 Å². The molecular weight excluding hydrogens is 291 g/mol. The van der Waals surface area contributed by atoms with Crippen molar-refractivity contribution in [1.29, 1.82) is 0 Å². The van der Waals surface area contributed by atoms with Crippen LogP contribution >= 0.6 is 0 Å². The van der Waals surface area contributed by atoms with Crippen LogP contribution in [-0.2, 0) is 0 Å². The van der Waals surface area contributed by atoms with Gasteiger partial charge in [0.2, 0.25) is 0 Å². The molecule has 1 N–H and O–H groups in total. The summed E-state index contributed by atoms with van der Waals surface area (Å²) in [5, 5.41) is 10.8. The third-order valence-corrected chi connectivity index (χ3v) is 4.88. The topological polar surface area (TPSA) is 37.3 Å². The summed E-state index contributed by atoms with van der Waals surface area (Å²) in [5.74, 6) is 0. The van der Waals surface area contributed by atoms with Gasteiger partial charge in [0.15, 0.2) is 0 Å². The summed E-state index contributed by atoms with van der Waals surface area (Å²) in [6.07, 6.45) is 0. The van der Waals surface area contributed by atoms with Crippen LogP contribution in [0.25, 0.3) is 20.8 Å². The summed E-state index contributed by atoms with van der Waals surface area (Å²) in [6, 6.07) is 16.8. The molecule has 0 saturated carbocycles. The average molecular weight is 301 g/mol. The van der Waals surface area contributed by atoms with Gasteiger partial charge in [0.1, 0.15) is 0 Å². The first-order valence-corrected chi connectivity index (χ1v) is 7.29. The standard InChI is InChI=1S/C15H10O2Se/c16-14-11-8-4-5-9-12(11)18-15(17)13(14)10-6-2-1-3-7-10/h1-9,17H.